The zero-order chi connectivity index (χ0) is 18.8. The Morgan fingerprint density at radius 3 is 2.89 bits per heavy atom. The molecule has 0 radical (unpaired) electrons. The summed E-state index contributed by atoms with van der Waals surface area (Å²) < 4.78 is 5.47. The third kappa shape index (κ3) is 3.49. The topological polar surface area (TPSA) is 57.7 Å². The van der Waals surface area contributed by atoms with Gasteiger partial charge in [-0.25, -0.2) is 4.98 Å². The van der Waals surface area contributed by atoms with Crippen LogP contribution in [0.3, 0.4) is 0 Å². The molecule has 0 aliphatic carbocycles. The van der Waals surface area contributed by atoms with Crippen molar-refractivity contribution in [2.45, 2.75) is 26.8 Å². The molecule has 0 bridgehead atoms. The van der Waals surface area contributed by atoms with Crippen LogP contribution in [0, 0.1) is 5.92 Å². The molecule has 1 unspecified atom stereocenters. The van der Waals surface area contributed by atoms with Crippen LogP contribution in [0.1, 0.15) is 25.8 Å². The number of morpholine rings is 1. The number of carbonyl (C=O) groups is 1. The van der Waals surface area contributed by atoms with Crippen LogP contribution in [0.25, 0.3) is 0 Å². The molecule has 142 valence electrons. The fourth-order valence-corrected chi connectivity index (χ4v) is 3.57. The number of nitrogens with one attached hydrogen (secondary N) is 1. The molecular formula is C21H26N4O2. The Labute approximate surface area is 160 Å². The van der Waals surface area contributed by atoms with Crippen LogP contribution in [0.2, 0.25) is 0 Å². The number of hydrogen-bond donors (Lipinski definition) is 1. The summed E-state index contributed by atoms with van der Waals surface area (Å²) in [6, 6.07) is 10.2. The van der Waals surface area contributed by atoms with Crippen LogP contribution in [0.15, 0.2) is 36.5 Å². The van der Waals surface area contributed by atoms with Crippen molar-refractivity contribution in [1.82, 2.24) is 4.98 Å². The van der Waals surface area contributed by atoms with Crippen molar-refractivity contribution in [3.63, 3.8) is 0 Å². The second-order valence-electron chi connectivity index (χ2n) is 7.17. The second-order valence-corrected chi connectivity index (χ2v) is 7.17. The molecule has 2 aliphatic heterocycles. The van der Waals surface area contributed by atoms with Crippen molar-refractivity contribution in [3.05, 3.63) is 42.1 Å². The first-order valence-corrected chi connectivity index (χ1v) is 9.66. The Bertz CT molecular complexity index is 833. The number of anilines is 4. The standard InChI is InChI=1S/C21H26N4O2/c1-3-15(2)21(26)25-14-16-5-4-8-22-20(16)23-18-7-6-17(13-19(18)25)24-9-11-27-12-10-24/h4-8,13,15H,3,9-12,14H2,1-2H3,(H,22,23). The van der Waals surface area contributed by atoms with Gasteiger partial charge in [-0.2, -0.15) is 0 Å². The first-order chi connectivity index (χ1) is 13.2. The molecule has 0 saturated carbocycles. The van der Waals surface area contributed by atoms with Gasteiger partial charge in [-0.1, -0.05) is 19.9 Å². The highest BCUT2D eigenvalue weighted by Crippen LogP contribution is 2.38. The molecule has 2 aromatic rings. The van der Waals surface area contributed by atoms with Crippen LogP contribution in [0.4, 0.5) is 22.9 Å². The molecule has 1 amide bonds. The third-order valence-electron chi connectivity index (χ3n) is 5.42. The highest BCUT2D eigenvalue weighted by molar-refractivity contribution is 6.00. The molecule has 1 aromatic carbocycles. The van der Waals surface area contributed by atoms with E-state index in [2.05, 4.69) is 40.3 Å². The van der Waals surface area contributed by atoms with Gasteiger partial charge >= 0.3 is 0 Å². The van der Waals surface area contributed by atoms with Crippen molar-refractivity contribution in [2.24, 2.45) is 5.92 Å². The van der Waals surface area contributed by atoms with Gasteiger partial charge in [0.05, 0.1) is 31.1 Å². The van der Waals surface area contributed by atoms with E-state index in [4.69, 9.17) is 4.74 Å². The normalized spacial score (nSPS) is 17.4. The number of ether oxygens (including phenoxy) is 1. The van der Waals surface area contributed by atoms with E-state index >= 15 is 0 Å². The number of benzene rings is 1. The van der Waals surface area contributed by atoms with Gasteiger partial charge in [-0.15, -0.1) is 0 Å². The molecule has 2 aliphatic rings. The predicted octanol–water partition coefficient (Wildman–Crippen LogP) is 3.55. The molecule has 6 nitrogen and oxygen atoms in total. The van der Waals surface area contributed by atoms with Gasteiger partial charge in [0, 0.05) is 36.5 Å². The SMILES string of the molecule is CCC(C)C(=O)N1Cc2cccnc2Nc2ccc(N3CCOCC3)cc21. The lowest BCUT2D eigenvalue weighted by atomic mass is 10.1. The number of pyridine rings is 1. The summed E-state index contributed by atoms with van der Waals surface area (Å²) in [5.41, 5.74) is 3.99. The van der Waals surface area contributed by atoms with Crippen LogP contribution in [-0.2, 0) is 16.1 Å². The predicted molar refractivity (Wildman–Crippen MR) is 108 cm³/mol. The van der Waals surface area contributed by atoms with E-state index in [1.807, 2.05) is 24.0 Å². The highest BCUT2D eigenvalue weighted by atomic mass is 16.5. The van der Waals surface area contributed by atoms with E-state index in [1.54, 1.807) is 6.20 Å². The smallest absolute Gasteiger partial charge is 0.230 e. The summed E-state index contributed by atoms with van der Waals surface area (Å²) in [5, 5.41) is 3.43. The molecule has 4 rings (SSSR count). The van der Waals surface area contributed by atoms with Gasteiger partial charge in [0.2, 0.25) is 5.91 Å². The van der Waals surface area contributed by atoms with Gasteiger partial charge in [-0.3, -0.25) is 4.79 Å². The summed E-state index contributed by atoms with van der Waals surface area (Å²) in [4.78, 5) is 21.9. The number of nitrogens with zero attached hydrogens (tertiary/aromatic N) is 3. The van der Waals surface area contributed by atoms with E-state index in [-0.39, 0.29) is 11.8 Å². The Kier molecular flexibility index (Phi) is 4.99. The Morgan fingerprint density at radius 2 is 2.11 bits per heavy atom. The Hall–Kier alpha value is -2.60. The minimum atomic E-state index is -0.0249. The molecule has 3 heterocycles. The average molecular weight is 366 g/mol. The van der Waals surface area contributed by atoms with Crippen LogP contribution < -0.4 is 15.1 Å². The Morgan fingerprint density at radius 1 is 1.30 bits per heavy atom. The summed E-state index contributed by atoms with van der Waals surface area (Å²) in [6.45, 7) is 7.79. The lowest BCUT2D eigenvalue weighted by Gasteiger charge is -2.31. The number of carbonyl (C=O) groups excluding carboxylic acids is 1. The van der Waals surface area contributed by atoms with Crippen LogP contribution in [0.5, 0.6) is 0 Å². The summed E-state index contributed by atoms with van der Waals surface area (Å²) in [7, 11) is 0. The molecular weight excluding hydrogens is 340 g/mol. The summed E-state index contributed by atoms with van der Waals surface area (Å²) in [5.74, 6) is 0.941. The van der Waals surface area contributed by atoms with Gasteiger partial charge < -0.3 is 19.9 Å². The van der Waals surface area contributed by atoms with Gasteiger partial charge in [0.15, 0.2) is 0 Å². The quantitative estimate of drug-likeness (QED) is 0.900. The monoisotopic (exact) mass is 366 g/mol. The first-order valence-electron chi connectivity index (χ1n) is 9.66. The zero-order valence-corrected chi connectivity index (χ0v) is 15.9. The van der Waals surface area contributed by atoms with E-state index in [0.29, 0.717) is 6.54 Å². The van der Waals surface area contributed by atoms with Crippen molar-refractivity contribution < 1.29 is 9.53 Å². The minimum Gasteiger partial charge on any atom is -0.378 e. The number of hydrogen-bond acceptors (Lipinski definition) is 5. The minimum absolute atomic E-state index is 0.0249. The van der Waals surface area contributed by atoms with E-state index < -0.39 is 0 Å². The largest absolute Gasteiger partial charge is 0.378 e. The van der Waals surface area contributed by atoms with Crippen molar-refractivity contribution >= 4 is 28.8 Å². The summed E-state index contributed by atoms with van der Waals surface area (Å²) in [6.07, 6.45) is 2.60. The molecule has 1 atom stereocenters. The molecule has 27 heavy (non-hydrogen) atoms. The van der Waals surface area contributed by atoms with E-state index in [1.165, 1.54) is 0 Å². The molecule has 1 fully saturated rings. The lowest BCUT2D eigenvalue weighted by molar-refractivity contribution is -0.122. The third-order valence-corrected chi connectivity index (χ3v) is 5.42. The fourth-order valence-electron chi connectivity index (χ4n) is 3.57. The summed E-state index contributed by atoms with van der Waals surface area (Å²) >= 11 is 0. The molecule has 0 spiro atoms. The number of aromatic nitrogens is 1. The van der Waals surface area contributed by atoms with Crippen molar-refractivity contribution in [2.75, 3.05) is 41.4 Å². The number of fused-ring (bicyclic) bond motifs is 2. The van der Waals surface area contributed by atoms with E-state index in [9.17, 15) is 4.79 Å². The highest BCUT2D eigenvalue weighted by Gasteiger charge is 2.28. The Balaban J connectivity index is 1.77. The lowest BCUT2D eigenvalue weighted by Crippen LogP contribution is -2.37. The van der Waals surface area contributed by atoms with Gasteiger partial charge in [0.25, 0.3) is 0 Å². The van der Waals surface area contributed by atoms with Crippen LogP contribution >= 0.6 is 0 Å². The number of rotatable bonds is 3. The maximum Gasteiger partial charge on any atom is 0.230 e. The maximum absolute atomic E-state index is 13.2. The van der Waals surface area contributed by atoms with Gasteiger partial charge in [0.1, 0.15) is 5.82 Å². The van der Waals surface area contributed by atoms with Gasteiger partial charge in [-0.05, 0) is 30.7 Å². The van der Waals surface area contributed by atoms with Crippen molar-refractivity contribution in [1.29, 1.82) is 0 Å². The second kappa shape index (κ2) is 7.56. The van der Waals surface area contributed by atoms with Crippen LogP contribution in [-0.4, -0.2) is 37.2 Å². The molecule has 1 saturated heterocycles. The molecule has 1 N–H and O–H groups in total. The maximum atomic E-state index is 13.2. The first kappa shape index (κ1) is 17.8. The van der Waals surface area contributed by atoms with Crippen molar-refractivity contribution in [3.8, 4) is 0 Å². The zero-order valence-electron chi connectivity index (χ0n) is 15.9. The number of amides is 1. The fraction of sp³-hybridized carbons (Fsp3) is 0.429. The average Bonchev–Trinajstić information content (AvgIpc) is 2.89. The molecule has 1 aromatic heterocycles. The molecule has 6 heteroatoms. The van der Waals surface area contributed by atoms with E-state index in [0.717, 1.165) is 61.2 Å².